The molecule has 3 aromatic heterocycles. The number of benzene rings is 1. The number of halogens is 1. The first-order chi connectivity index (χ1) is 13.0. The Bertz CT molecular complexity index is 1160. The van der Waals surface area contributed by atoms with E-state index in [1.165, 1.54) is 4.57 Å². The molecule has 0 N–H and O–H groups in total. The molecule has 0 fully saturated rings. The molecule has 0 spiro atoms. The lowest BCUT2D eigenvalue weighted by Crippen LogP contribution is -2.20. The van der Waals surface area contributed by atoms with Crippen molar-refractivity contribution in [3.05, 3.63) is 58.2 Å². The second-order valence-corrected chi connectivity index (χ2v) is 6.51. The van der Waals surface area contributed by atoms with Gasteiger partial charge in [0.1, 0.15) is 23.0 Å². The summed E-state index contributed by atoms with van der Waals surface area (Å²) < 4.78 is 3.33. The summed E-state index contributed by atoms with van der Waals surface area (Å²) in [5.74, 6) is 0. The summed E-state index contributed by atoms with van der Waals surface area (Å²) in [4.78, 5) is 24.1. The van der Waals surface area contributed by atoms with Crippen LogP contribution in [0.5, 0.6) is 0 Å². The number of aromatic nitrogens is 4. The summed E-state index contributed by atoms with van der Waals surface area (Å²) in [6.07, 6.45) is 3.30. The van der Waals surface area contributed by atoms with E-state index in [0.717, 1.165) is 22.4 Å². The predicted molar refractivity (Wildman–Crippen MR) is 112 cm³/mol. The molecule has 0 radical (unpaired) electrons. The minimum atomic E-state index is -0.141. The molecule has 6 nitrogen and oxygen atoms in total. The average molecular weight is 384 g/mol. The van der Waals surface area contributed by atoms with Gasteiger partial charge in [0.15, 0.2) is 0 Å². The van der Waals surface area contributed by atoms with E-state index in [2.05, 4.69) is 9.97 Å². The molecular weight excluding hydrogens is 362 g/mol. The van der Waals surface area contributed by atoms with E-state index in [4.69, 9.17) is 11.6 Å². The van der Waals surface area contributed by atoms with Gasteiger partial charge in [-0.15, -0.1) is 0 Å². The quantitative estimate of drug-likeness (QED) is 0.524. The molecule has 0 atom stereocenters. The Morgan fingerprint density at radius 1 is 1.04 bits per heavy atom. The van der Waals surface area contributed by atoms with Crippen molar-refractivity contribution in [3.63, 3.8) is 0 Å². The Hall–Kier alpha value is -2.86. The maximum Gasteiger partial charge on any atom is 0.282 e. The molecule has 3 heterocycles. The van der Waals surface area contributed by atoms with Crippen molar-refractivity contribution in [1.29, 1.82) is 0 Å². The lowest BCUT2D eigenvalue weighted by Gasteiger charge is -2.13. The summed E-state index contributed by atoms with van der Waals surface area (Å²) in [5.41, 5.74) is 3.47. The van der Waals surface area contributed by atoms with Crippen LogP contribution in [0.15, 0.2) is 47.7 Å². The second-order valence-electron chi connectivity index (χ2n) is 6.08. The molecule has 0 aliphatic rings. The number of rotatable bonds is 2. The lowest BCUT2D eigenvalue weighted by molar-refractivity contribution is 0.920. The van der Waals surface area contributed by atoms with E-state index in [1.807, 2.05) is 46.0 Å². The number of pyridine rings is 1. The van der Waals surface area contributed by atoms with Gasteiger partial charge < -0.3 is 9.47 Å². The van der Waals surface area contributed by atoms with Crippen molar-refractivity contribution < 1.29 is 0 Å². The number of fused-ring (bicyclic) bond motifs is 3. The maximum absolute atomic E-state index is 13.1. The van der Waals surface area contributed by atoms with Crippen LogP contribution >= 0.6 is 11.6 Å². The largest absolute Gasteiger partial charge is 0.377 e. The zero-order valence-electron chi connectivity index (χ0n) is 16.1. The Labute approximate surface area is 162 Å². The van der Waals surface area contributed by atoms with Crippen LogP contribution in [0.2, 0.25) is 5.02 Å². The monoisotopic (exact) mass is 383 g/mol. The zero-order valence-corrected chi connectivity index (χ0v) is 16.8. The van der Waals surface area contributed by atoms with Crippen molar-refractivity contribution in [1.82, 2.24) is 19.1 Å². The SMILES string of the molecule is CC.CN(C)c1ccnc2c1c1ncn(-c3ccc(Cl)cc3)c(=O)c1n2C. The molecule has 4 rings (SSSR count). The summed E-state index contributed by atoms with van der Waals surface area (Å²) >= 11 is 5.94. The van der Waals surface area contributed by atoms with Crippen LogP contribution in [-0.4, -0.2) is 33.2 Å². The number of anilines is 1. The van der Waals surface area contributed by atoms with Crippen LogP contribution in [0, 0.1) is 0 Å². The van der Waals surface area contributed by atoms with Gasteiger partial charge in [-0.05, 0) is 30.3 Å². The summed E-state index contributed by atoms with van der Waals surface area (Å²) in [6, 6.07) is 9.02. The third-order valence-electron chi connectivity index (χ3n) is 4.33. The Balaban J connectivity index is 0.00000102. The molecule has 7 heteroatoms. The van der Waals surface area contributed by atoms with Gasteiger partial charge in [-0.2, -0.15) is 0 Å². The van der Waals surface area contributed by atoms with Gasteiger partial charge in [-0.3, -0.25) is 9.36 Å². The normalized spacial score (nSPS) is 10.7. The highest BCUT2D eigenvalue weighted by molar-refractivity contribution is 6.30. The average Bonchev–Trinajstić information content (AvgIpc) is 2.98. The molecule has 0 bridgehead atoms. The third kappa shape index (κ3) is 3.06. The maximum atomic E-state index is 13.1. The fourth-order valence-electron chi connectivity index (χ4n) is 3.12. The van der Waals surface area contributed by atoms with Crippen molar-refractivity contribution in [2.45, 2.75) is 13.8 Å². The van der Waals surface area contributed by atoms with Gasteiger partial charge >= 0.3 is 0 Å². The fourth-order valence-corrected chi connectivity index (χ4v) is 3.24. The first kappa shape index (κ1) is 18.9. The molecule has 0 amide bonds. The van der Waals surface area contributed by atoms with E-state index in [0.29, 0.717) is 16.1 Å². The van der Waals surface area contributed by atoms with Gasteiger partial charge in [-0.25, -0.2) is 9.97 Å². The van der Waals surface area contributed by atoms with Crippen molar-refractivity contribution in [2.24, 2.45) is 7.05 Å². The number of nitrogens with zero attached hydrogens (tertiary/aromatic N) is 5. The van der Waals surface area contributed by atoms with Crippen LogP contribution in [0.4, 0.5) is 5.69 Å². The molecule has 27 heavy (non-hydrogen) atoms. The first-order valence-corrected chi connectivity index (χ1v) is 9.15. The highest BCUT2D eigenvalue weighted by Gasteiger charge is 2.19. The van der Waals surface area contributed by atoms with Gasteiger partial charge in [0.05, 0.1) is 16.8 Å². The van der Waals surface area contributed by atoms with Gasteiger partial charge in [0.2, 0.25) is 0 Å². The van der Waals surface area contributed by atoms with Gasteiger partial charge in [-0.1, -0.05) is 25.4 Å². The van der Waals surface area contributed by atoms with Gasteiger partial charge in [0.25, 0.3) is 5.56 Å². The van der Waals surface area contributed by atoms with Gasteiger partial charge in [0, 0.05) is 32.4 Å². The second kappa shape index (κ2) is 7.40. The standard InChI is InChI=1S/C18H16ClN5O.C2H6/c1-22(2)13-8-9-20-17-14(13)15-16(23(17)3)18(25)24(10-21-15)12-6-4-11(19)5-7-12;1-2/h4-10H,1-3H3;1-2H3. The van der Waals surface area contributed by atoms with E-state index in [1.54, 1.807) is 41.4 Å². The van der Waals surface area contributed by atoms with Crippen molar-refractivity contribution in [3.8, 4) is 5.69 Å². The molecule has 0 aliphatic heterocycles. The van der Waals surface area contributed by atoms with E-state index >= 15 is 0 Å². The zero-order chi connectivity index (χ0) is 19.7. The van der Waals surface area contributed by atoms with Crippen LogP contribution in [0.1, 0.15) is 13.8 Å². The van der Waals surface area contributed by atoms with Crippen LogP contribution in [0.25, 0.3) is 27.8 Å². The highest BCUT2D eigenvalue weighted by atomic mass is 35.5. The molecule has 4 aromatic rings. The number of aryl methyl sites for hydroxylation is 1. The molecule has 0 unspecified atom stereocenters. The van der Waals surface area contributed by atoms with Crippen LogP contribution in [-0.2, 0) is 7.05 Å². The van der Waals surface area contributed by atoms with Crippen molar-refractivity contribution >= 4 is 39.4 Å². The first-order valence-electron chi connectivity index (χ1n) is 8.77. The molecule has 0 saturated heterocycles. The minimum absolute atomic E-state index is 0.141. The predicted octanol–water partition coefficient (Wildman–Crippen LogP) is 4.02. The minimum Gasteiger partial charge on any atom is -0.377 e. The Morgan fingerprint density at radius 2 is 1.70 bits per heavy atom. The van der Waals surface area contributed by atoms with Crippen LogP contribution in [0.3, 0.4) is 0 Å². The summed E-state index contributed by atoms with van der Waals surface area (Å²) in [5, 5.41) is 1.50. The molecule has 140 valence electrons. The van der Waals surface area contributed by atoms with Crippen molar-refractivity contribution in [2.75, 3.05) is 19.0 Å². The molecule has 0 saturated carbocycles. The summed E-state index contributed by atoms with van der Waals surface area (Å²) in [6.45, 7) is 4.00. The van der Waals surface area contributed by atoms with E-state index < -0.39 is 0 Å². The molecule has 0 aliphatic carbocycles. The third-order valence-corrected chi connectivity index (χ3v) is 4.59. The highest BCUT2D eigenvalue weighted by Crippen LogP contribution is 2.31. The lowest BCUT2D eigenvalue weighted by atomic mass is 10.2. The number of hydrogen-bond donors (Lipinski definition) is 0. The molecule has 1 aromatic carbocycles. The Morgan fingerprint density at radius 3 is 2.33 bits per heavy atom. The van der Waals surface area contributed by atoms with E-state index in [-0.39, 0.29) is 5.56 Å². The van der Waals surface area contributed by atoms with Crippen LogP contribution < -0.4 is 10.5 Å². The fraction of sp³-hybridized carbons (Fsp3) is 0.250. The van der Waals surface area contributed by atoms with E-state index in [9.17, 15) is 4.79 Å². The summed E-state index contributed by atoms with van der Waals surface area (Å²) in [7, 11) is 5.76. The Kier molecular flexibility index (Phi) is 5.19. The smallest absolute Gasteiger partial charge is 0.282 e. The molecular formula is C20H22ClN5O. The number of hydrogen-bond acceptors (Lipinski definition) is 4. The topological polar surface area (TPSA) is 56.0 Å².